The monoisotopic (exact) mass is 559 g/mol. The maximum absolute atomic E-state index is 13.3. The molecule has 0 atom stereocenters. The van der Waals surface area contributed by atoms with Gasteiger partial charge in [0.2, 0.25) is 0 Å². The van der Waals surface area contributed by atoms with Gasteiger partial charge in [0.05, 0.1) is 22.1 Å². The first-order chi connectivity index (χ1) is 16.5. The summed E-state index contributed by atoms with van der Waals surface area (Å²) in [6.45, 7) is 8.73. The van der Waals surface area contributed by atoms with Crippen LogP contribution < -0.4 is 10.3 Å². The van der Waals surface area contributed by atoms with Crippen LogP contribution in [0, 0.1) is 20.8 Å². The zero-order valence-electron chi connectivity index (χ0n) is 19.8. The Morgan fingerprint density at radius 3 is 2.57 bits per heavy atom. The van der Waals surface area contributed by atoms with Crippen LogP contribution in [0.5, 0.6) is 5.75 Å². The van der Waals surface area contributed by atoms with E-state index in [1.54, 1.807) is 46.0 Å². The van der Waals surface area contributed by atoms with E-state index < -0.39 is 5.60 Å². The molecule has 9 nitrogen and oxygen atoms in total. The molecule has 182 valence electrons. The van der Waals surface area contributed by atoms with E-state index in [1.807, 2.05) is 6.92 Å². The van der Waals surface area contributed by atoms with Crippen LogP contribution in [0.25, 0.3) is 17.1 Å². The SMILES string of the molecule is Cc1nc(COc2cc(C)n(-c3cc(-c4nc(C(C)(C)O)ncc4C)ncc3Cl)c(=O)c2Br)co1. The second-order valence-corrected chi connectivity index (χ2v) is 9.76. The fourth-order valence-electron chi connectivity index (χ4n) is 3.44. The molecule has 0 radical (unpaired) electrons. The lowest BCUT2D eigenvalue weighted by molar-refractivity contribution is 0.0688. The lowest BCUT2D eigenvalue weighted by Gasteiger charge is -2.18. The maximum Gasteiger partial charge on any atom is 0.273 e. The lowest BCUT2D eigenvalue weighted by atomic mass is 10.1. The summed E-state index contributed by atoms with van der Waals surface area (Å²) in [5.41, 5.74) is 1.84. The van der Waals surface area contributed by atoms with Crippen LogP contribution in [0.2, 0.25) is 5.02 Å². The third kappa shape index (κ3) is 5.14. The van der Waals surface area contributed by atoms with Crippen molar-refractivity contribution in [1.82, 2.24) is 24.5 Å². The Bertz CT molecular complexity index is 1480. The molecule has 0 saturated heterocycles. The molecule has 0 aromatic carbocycles. The first-order valence-corrected chi connectivity index (χ1v) is 11.8. The van der Waals surface area contributed by atoms with E-state index >= 15 is 0 Å². The minimum atomic E-state index is -1.23. The Hall–Kier alpha value is -3.08. The molecule has 0 saturated carbocycles. The van der Waals surface area contributed by atoms with Gasteiger partial charge in [0.25, 0.3) is 5.56 Å². The van der Waals surface area contributed by atoms with Gasteiger partial charge in [0.1, 0.15) is 34.4 Å². The first kappa shape index (κ1) is 25.0. The van der Waals surface area contributed by atoms with Gasteiger partial charge in [-0.15, -0.1) is 0 Å². The van der Waals surface area contributed by atoms with Crippen LogP contribution in [0.1, 0.15) is 42.5 Å². The third-order valence-corrected chi connectivity index (χ3v) is 6.20. The van der Waals surface area contributed by atoms with Crippen LogP contribution >= 0.6 is 27.5 Å². The van der Waals surface area contributed by atoms with Crippen molar-refractivity contribution in [1.29, 1.82) is 0 Å². The minimum absolute atomic E-state index is 0.148. The number of halogens is 2. The normalized spacial score (nSPS) is 11.7. The number of aromatic nitrogens is 5. The number of pyridine rings is 2. The molecule has 0 fully saturated rings. The topological polar surface area (TPSA) is 116 Å². The highest BCUT2D eigenvalue weighted by molar-refractivity contribution is 9.10. The molecule has 35 heavy (non-hydrogen) atoms. The average molecular weight is 561 g/mol. The van der Waals surface area contributed by atoms with Gasteiger partial charge < -0.3 is 14.3 Å². The van der Waals surface area contributed by atoms with E-state index in [1.165, 1.54) is 17.0 Å². The summed E-state index contributed by atoms with van der Waals surface area (Å²) in [6.07, 6.45) is 4.60. The summed E-state index contributed by atoms with van der Waals surface area (Å²) < 4.78 is 12.7. The van der Waals surface area contributed by atoms with Crippen molar-refractivity contribution in [3.63, 3.8) is 0 Å². The smallest absolute Gasteiger partial charge is 0.273 e. The van der Waals surface area contributed by atoms with Crippen molar-refractivity contribution in [2.45, 2.75) is 46.8 Å². The predicted octanol–water partition coefficient (Wildman–Crippen LogP) is 4.83. The number of aliphatic hydroxyl groups is 1. The quantitative estimate of drug-likeness (QED) is 0.357. The second kappa shape index (κ2) is 9.52. The number of rotatable bonds is 6. The number of hydrogen-bond donors (Lipinski definition) is 1. The molecule has 0 bridgehead atoms. The van der Waals surface area contributed by atoms with Gasteiger partial charge in [-0.3, -0.25) is 14.3 Å². The Balaban J connectivity index is 1.76. The van der Waals surface area contributed by atoms with Crippen molar-refractivity contribution >= 4 is 27.5 Å². The molecule has 11 heteroatoms. The van der Waals surface area contributed by atoms with Gasteiger partial charge >= 0.3 is 0 Å². The molecule has 4 rings (SSSR count). The zero-order valence-corrected chi connectivity index (χ0v) is 22.1. The maximum atomic E-state index is 13.3. The van der Waals surface area contributed by atoms with Gasteiger partial charge in [0.15, 0.2) is 11.7 Å². The van der Waals surface area contributed by atoms with Crippen LogP contribution in [-0.2, 0) is 12.2 Å². The Morgan fingerprint density at radius 2 is 1.91 bits per heavy atom. The standard InChI is InChI=1S/C24H23BrClN5O4/c1-12-8-28-23(24(4,5)33)30-21(12)17-7-18(16(26)9-27-17)31-13(2)6-19(20(25)22(31)32)35-11-15-10-34-14(3)29-15/h6-10,33H,11H2,1-5H3. The summed E-state index contributed by atoms with van der Waals surface area (Å²) in [5, 5.41) is 10.6. The largest absolute Gasteiger partial charge is 0.486 e. The highest BCUT2D eigenvalue weighted by Gasteiger charge is 2.22. The van der Waals surface area contributed by atoms with Crippen molar-refractivity contribution < 1.29 is 14.3 Å². The number of hydrogen-bond acceptors (Lipinski definition) is 8. The lowest BCUT2D eigenvalue weighted by Crippen LogP contribution is -2.23. The second-order valence-electron chi connectivity index (χ2n) is 8.56. The molecule has 0 spiro atoms. The molecule has 4 aromatic rings. The van der Waals surface area contributed by atoms with Crippen LogP contribution in [-0.4, -0.2) is 29.6 Å². The van der Waals surface area contributed by atoms with Gasteiger partial charge in [-0.05, 0) is 55.3 Å². The molecule has 0 aliphatic rings. The van der Waals surface area contributed by atoms with E-state index in [2.05, 4.69) is 35.9 Å². The fourth-order valence-corrected chi connectivity index (χ4v) is 4.03. The summed E-state index contributed by atoms with van der Waals surface area (Å²) in [6, 6.07) is 3.42. The Morgan fingerprint density at radius 1 is 1.17 bits per heavy atom. The molecule has 0 unspecified atom stereocenters. The van der Waals surface area contributed by atoms with Gasteiger partial charge in [-0.2, -0.15) is 0 Å². The molecule has 4 heterocycles. The van der Waals surface area contributed by atoms with E-state index in [0.29, 0.717) is 40.1 Å². The van der Waals surface area contributed by atoms with Crippen molar-refractivity contribution in [3.05, 3.63) is 79.3 Å². The molecule has 4 aromatic heterocycles. The third-order valence-electron chi connectivity index (χ3n) is 5.18. The zero-order chi connectivity index (χ0) is 25.5. The summed E-state index contributed by atoms with van der Waals surface area (Å²) >= 11 is 9.84. The molecule has 1 N–H and O–H groups in total. The Kier molecular flexibility index (Phi) is 6.81. The number of aryl methyl sites for hydroxylation is 3. The van der Waals surface area contributed by atoms with Crippen LogP contribution in [0.4, 0.5) is 0 Å². The highest BCUT2D eigenvalue weighted by Crippen LogP contribution is 2.30. The van der Waals surface area contributed by atoms with Crippen molar-refractivity contribution in [3.8, 4) is 22.8 Å². The highest BCUT2D eigenvalue weighted by atomic mass is 79.9. The van der Waals surface area contributed by atoms with Gasteiger partial charge in [0, 0.05) is 31.1 Å². The Labute approximate surface area is 214 Å². The van der Waals surface area contributed by atoms with Crippen molar-refractivity contribution in [2.75, 3.05) is 0 Å². The molecule has 0 aliphatic carbocycles. The van der Waals surface area contributed by atoms with Crippen LogP contribution in [0.3, 0.4) is 0 Å². The number of nitrogens with zero attached hydrogens (tertiary/aromatic N) is 5. The summed E-state index contributed by atoms with van der Waals surface area (Å²) in [5.74, 6) is 1.17. The minimum Gasteiger partial charge on any atom is -0.486 e. The average Bonchev–Trinajstić information content (AvgIpc) is 3.21. The van der Waals surface area contributed by atoms with Gasteiger partial charge in [-0.25, -0.2) is 15.0 Å². The van der Waals surface area contributed by atoms with E-state index in [9.17, 15) is 9.90 Å². The number of ether oxygens (including phenoxy) is 1. The molecular formula is C24H23BrClN5O4. The molecule has 0 aliphatic heterocycles. The van der Waals surface area contributed by atoms with E-state index in [-0.39, 0.29) is 27.5 Å². The fraction of sp³-hybridized carbons (Fsp3) is 0.292. The number of oxazole rings is 1. The molecule has 0 amide bonds. The van der Waals surface area contributed by atoms with E-state index in [0.717, 1.165) is 5.56 Å². The van der Waals surface area contributed by atoms with Crippen molar-refractivity contribution in [2.24, 2.45) is 0 Å². The summed E-state index contributed by atoms with van der Waals surface area (Å²) in [7, 11) is 0. The van der Waals surface area contributed by atoms with Gasteiger partial charge in [-0.1, -0.05) is 11.6 Å². The predicted molar refractivity (Wildman–Crippen MR) is 134 cm³/mol. The summed E-state index contributed by atoms with van der Waals surface area (Å²) in [4.78, 5) is 30.7. The van der Waals surface area contributed by atoms with Crippen LogP contribution in [0.15, 0.2) is 44.5 Å². The van der Waals surface area contributed by atoms with E-state index in [4.69, 9.17) is 20.8 Å². The first-order valence-electron chi connectivity index (χ1n) is 10.6. The molecular weight excluding hydrogens is 538 g/mol.